The summed E-state index contributed by atoms with van der Waals surface area (Å²) in [4.78, 5) is 14.2. The van der Waals surface area contributed by atoms with Crippen molar-refractivity contribution in [3.8, 4) is 0 Å². The molecule has 0 aromatic carbocycles. The summed E-state index contributed by atoms with van der Waals surface area (Å²) in [7, 11) is 1.70. The van der Waals surface area contributed by atoms with Crippen LogP contribution in [0.5, 0.6) is 0 Å². The summed E-state index contributed by atoms with van der Waals surface area (Å²) < 4.78 is 5.45. The molecule has 1 fully saturated rings. The summed E-state index contributed by atoms with van der Waals surface area (Å²) in [6.07, 6.45) is 4.63. The highest BCUT2D eigenvalue weighted by molar-refractivity contribution is 5.44. The second-order valence-electron chi connectivity index (χ2n) is 4.25. The SMILES string of the molecule is COC1(CNc2cc([N+](=O)[O-])ccn2)CCC1. The lowest BCUT2D eigenvalue weighted by atomic mass is 9.80. The Balaban J connectivity index is 1.99. The number of anilines is 1. The number of aromatic nitrogens is 1. The largest absolute Gasteiger partial charge is 0.376 e. The van der Waals surface area contributed by atoms with Crippen LogP contribution in [0.4, 0.5) is 11.5 Å². The summed E-state index contributed by atoms with van der Waals surface area (Å²) in [6.45, 7) is 0.637. The van der Waals surface area contributed by atoms with Gasteiger partial charge in [0.1, 0.15) is 5.82 Å². The molecule has 1 aliphatic rings. The van der Waals surface area contributed by atoms with Crippen LogP contribution in [0.2, 0.25) is 0 Å². The van der Waals surface area contributed by atoms with Gasteiger partial charge in [0.25, 0.3) is 5.69 Å². The lowest BCUT2D eigenvalue weighted by Gasteiger charge is -2.40. The number of hydrogen-bond acceptors (Lipinski definition) is 5. The van der Waals surface area contributed by atoms with E-state index in [-0.39, 0.29) is 11.3 Å². The van der Waals surface area contributed by atoms with Crippen LogP contribution < -0.4 is 5.32 Å². The van der Waals surface area contributed by atoms with E-state index in [1.54, 1.807) is 7.11 Å². The van der Waals surface area contributed by atoms with Crippen molar-refractivity contribution in [3.63, 3.8) is 0 Å². The van der Waals surface area contributed by atoms with Gasteiger partial charge >= 0.3 is 0 Å². The monoisotopic (exact) mass is 237 g/mol. The number of methoxy groups -OCH3 is 1. The highest BCUT2D eigenvalue weighted by atomic mass is 16.6. The Morgan fingerprint density at radius 1 is 1.65 bits per heavy atom. The molecule has 0 unspecified atom stereocenters. The number of nitro groups is 1. The molecule has 1 heterocycles. The Morgan fingerprint density at radius 3 is 2.94 bits per heavy atom. The zero-order chi connectivity index (χ0) is 12.3. The van der Waals surface area contributed by atoms with E-state index in [0.717, 1.165) is 19.3 Å². The molecule has 6 nitrogen and oxygen atoms in total. The Hall–Kier alpha value is -1.69. The van der Waals surface area contributed by atoms with Crippen molar-refractivity contribution in [2.45, 2.75) is 24.9 Å². The van der Waals surface area contributed by atoms with Gasteiger partial charge in [-0.15, -0.1) is 0 Å². The Labute approximate surface area is 99.2 Å². The molecule has 0 atom stereocenters. The number of nitrogens with zero attached hydrogens (tertiary/aromatic N) is 2. The van der Waals surface area contributed by atoms with Crippen LogP contribution in [0.1, 0.15) is 19.3 Å². The Kier molecular flexibility index (Phi) is 3.23. The normalized spacial score (nSPS) is 17.2. The van der Waals surface area contributed by atoms with Gasteiger partial charge in [0.2, 0.25) is 0 Å². The van der Waals surface area contributed by atoms with Crippen LogP contribution in [-0.2, 0) is 4.74 Å². The first-order valence-corrected chi connectivity index (χ1v) is 5.55. The molecule has 1 aromatic heterocycles. The third-order valence-corrected chi connectivity index (χ3v) is 3.24. The van der Waals surface area contributed by atoms with E-state index in [0.29, 0.717) is 12.4 Å². The van der Waals surface area contributed by atoms with Crippen molar-refractivity contribution < 1.29 is 9.66 Å². The zero-order valence-electron chi connectivity index (χ0n) is 9.68. The maximum atomic E-state index is 10.6. The van der Waals surface area contributed by atoms with Gasteiger partial charge in [-0.3, -0.25) is 10.1 Å². The lowest BCUT2D eigenvalue weighted by Crippen LogP contribution is -2.45. The molecule has 0 bridgehead atoms. The van der Waals surface area contributed by atoms with Crippen molar-refractivity contribution in [2.75, 3.05) is 19.0 Å². The minimum absolute atomic E-state index is 0.0441. The van der Waals surface area contributed by atoms with Crippen LogP contribution in [0.25, 0.3) is 0 Å². The maximum absolute atomic E-state index is 10.6. The lowest BCUT2D eigenvalue weighted by molar-refractivity contribution is -0.384. The molecular formula is C11H15N3O3. The standard InChI is InChI=1S/C11H15N3O3/c1-17-11(4-2-5-11)8-13-10-7-9(14(15)16)3-6-12-10/h3,6-7H,2,4-5,8H2,1H3,(H,12,13). The quantitative estimate of drug-likeness (QED) is 0.625. The Morgan fingerprint density at radius 2 is 2.41 bits per heavy atom. The number of pyridine rings is 1. The predicted molar refractivity (Wildman–Crippen MR) is 63.0 cm³/mol. The van der Waals surface area contributed by atoms with Crippen molar-refractivity contribution in [1.82, 2.24) is 4.98 Å². The molecule has 0 aliphatic heterocycles. The summed E-state index contributed by atoms with van der Waals surface area (Å²) in [5.74, 6) is 0.516. The van der Waals surface area contributed by atoms with Gasteiger partial charge < -0.3 is 10.1 Å². The molecular weight excluding hydrogens is 222 g/mol. The molecule has 1 aromatic rings. The van der Waals surface area contributed by atoms with Crippen LogP contribution in [0.15, 0.2) is 18.3 Å². The molecule has 17 heavy (non-hydrogen) atoms. The third kappa shape index (κ3) is 2.52. The van der Waals surface area contributed by atoms with Crippen molar-refractivity contribution in [2.24, 2.45) is 0 Å². The van der Waals surface area contributed by atoms with Crippen LogP contribution in [0, 0.1) is 10.1 Å². The fourth-order valence-corrected chi connectivity index (χ4v) is 1.91. The summed E-state index contributed by atoms with van der Waals surface area (Å²) in [5.41, 5.74) is -0.0747. The first-order valence-electron chi connectivity index (χ1n) is 5.55. The average Bonchev–Trinajstić information content (AvgIpc) is 2.28. The van der Waals surface area contributed by atoms with Crippen molar-refractivity contribution in [3.05, 3.63) is 28.4 Å². The third-order valence-electron chi connectivity index (χ3n) is 3.24. The van der Waals surface area contributed by atoms with Gasteiger partial charge in [-0.05, 0) is 19.3 Å². The second-order valence-corrected chi connectivity index (χ2v) is 4.25. The molecule has 1 N–H and O–H groups in total. The summed E-state index contributed by atoms with van der Waals surface area (Å²) >= 11 is 0. The minimum atomic E-state index is -0.428. The van der Waals surface area contributed by atoms with Crippen molar-refractivity contribution in [1.29, 1.82) is 0 Å². The van der Waals surface area contributed by atoms with Gasteiger partial charge in [0, 0.05) is 25.9 Å². The summed E-state index contributed by atoms with van der Waals surface area (Å²) in [5, 5.41) is 13.7. The smallest absolute Gasteiger partial charge is 0.274 e. The summed E-state index contributed by atoms with van der Waals surface area (Å²) in [6, 6.07) is 2.81. The zero-order valence-corrected chi connectivity index (χ0v) is 9.68. The van der Waals surface area contributed by atoms with E-state index in [2.05, 4.69) is 10.3 Å². The van der Waals surface area contributed by atoms with Gasteiger partial charge in [0.15, 0.2) is 0 Å². The highest BCUT2D eigenvalue weighted by Crippen LogP contribution is 2.35. The van der Waals surface area contributed by atoms with Crippen LogP contribution >= 0.6 is 0 Å². The van der Waals surface area contributed by atoms with E-state index in [4.69, 9.17) is 4.74 Å². The first-order chi connectivity index (χ1) is 8.15. The minimum Gasteiger partial charge on any atom is -0.376 e. The van der Waals surface area contributed by atoms with Gasteiger partial charge in [-0.2, -0.15) is 0 Å². The maximum Gasteiger partial charge on any atom is 0.274 e. The second kappa shape index (κ2) is 4.67. The fourth-order valence-electron chi connectivity index (χ4n) is 1.91. The molecule has 0 amide bonds. The number of hydrogen-bond donors (Lipinski definition) is 1. The van der Waals surface area contributed by atoms with E-state index in [1.165, 1.54) is 18.3 Å². The highest BCUT2D eigenvalue weighted by Gasteiger charge is 2.36. The van der Waals surface area contributed by atoms with E-state index >= 15 is 0 Å². The first kappa shape index (κ1) is 11.8. The molecule has 0 saturated heterocycles. The van der Waals surface area contributed by atoms with Crippen LogP contribution in [0.3, 0.4) is 0 Å². The molecule has 1 aliphatic carbocycles. The molecule has 0 radical (unpaired) electrons. The fraction of sp³-hybridized carbons (Fsp3) is 0.545. The number of rotatable bonds is 5. The van der Waals surface area contributed by atoms with Gasteiger partial charge in [0.05, 0.1) is 16.6 Å². The van der Waals surface area contributed by atoms with Gasteiger partial charge in [-0.25, -0.2) is 4.98 Å². The Bertz CT molecular complexity index is 413. The average molecular weight is 237 g/mol. The van der Waals surface area contributed by atoms with E-state index in [9.17, 15) is 10.1 Å². The molecule has 2 rings (SSSR count). The molecule has 6 heteroatoms. The van der Waals surface area contributed by atoms with Crippen molar-refractivity contribution >= 4 is 11.5 Å². The predicted octanol–water partition coefficient (Wildman–Crippen LogP) is 1.97. The molecule has 1 saturated carbocycles. The molecule has 92 valence electrons. The van der Waals surface area contributed by atoms with Crippen LogP contribution in [-0.4, -0.2) is 29.2 Å². The van der Waals surface area contributed by atoms with E-state index in [1.807, 2.05) is 0 Å². The number of ether oxygens (including phenoxy) is 1. The topological polar surface area (TPSA) is 77.3 Å². The van der Waals surface area contributed by atoms with Gasteiger partial charge in [-0.1, -0.05) is 0 Å². The van der Waals surface area contributed by atoms with E-state index < -0.39 is 4.92 Å². The molecule has 0 spiro atoms. The number of nitrogens with one attached hydrogen (secondary N) is 1.